The van der Waals surface area contributed by atoms with Crippen molar-refractivity contribution in [2.75, 3.05) is 6.54 Å². The predicted molar refractivity (Wildman–Crippen MR) is 111 cm³/mol. The van der Waals surface area contributed by atoms with Gasteiger partial charge < -0.3 is 4.90 Å². The molecule has 1 aromatic heterocycles. The van der Waals surface area contributed by atoms with E-state index in [-0.39, 0.29) is 21.1 Å². The van der Waals surface area contributed by atoms with Crippen molar-refractivity contribution in [1.29, 1.82) is 0 Å². The van der Waals surface area contributed by atoms with Gasteiger partial charge in [0.1, 0.15) is 0 Å². The van der Waals surface area contributed by atoms with Gasteiger partial charge in [-0.1, -0.05) is 36.4 Å². The Bertz CT molecular complexity index is 1260. The van der Waals surface area contributed by atoms with Gasteiger partial charge in [0.25, 0.3) is 0 Å². The lowest BCUT2D eigenvalue weighted by molar-refractivity contribution is 0.101. The van der Waals surface area contributed by atoms with E-state index in [0.29, 0.717) is 6.54 Å². The molecule has 2 heterocycles. The highest BCUT2D eigenvalue weighted by Gasteiger charge is 2.22. The van der Waals surface area contributed by atoms with Crippen molar-refractivity contribution in [1.82, 2.24) is 4.90 Å². The maximum atomic E-state index is 13.0. The Balaban J connectivity index is 1.59. The van der Waals surface area contributed by atoms with Gasteiger partial charge >= 0.3 is 0 Å². The first-order valence-electron chi connectivity index (χ1n) is 8.89. The van der Waals surface area contributed by atoms with Crippen LogP contribution in [0.1, 0.15) is 22.8 Å². The number of thiophene rings is 1. The molecule has 0 radical (unpaired) electrons. The van der Waals surface area contributed by atoms with Crippen molar-refractivity contribution in [2.45, 2.75) is 23.3 Å². The summed E-state index contributed by atoms with van der Waals surface area (Å²) >= 11 is 1.71. The number of benzene rings is 2. The molecule has 0 spiro atoms. The average Bonchev–Trinajstić information content (AvgIpc) is 3.16. The molecule has 6 heteroatoms. The number of ketones is 1. The van der Waals surface area contributed by atoms with E-state index in [1.807, 2.05) is 12.1 Å². The van der Waals surface area contributed by atoms with Crippen molar-refractivity contribution < 1.29 is 13.2 Å². The summed E-state index contributed by atoms with van der Waals surface area (Å²) in [6.45, 7) is 2.91. The molecule has 0 aliphatic carbocycles. The summed E-state index contributed by atoms with van der Waals surface area (Å²) < 4.78 is 27.2. The van der Waals surface area contributed by atoms with Gasteiger partial charge in [-0.25, -0.2) is 8.42 Å². The number of hydrogen-bond donors (Lipinski definition) is 0. The van der Waals surface area contributed by atoms with Crippen LogP contribution in [0.4, 0.5) is 0 Å². The summed E-state index contributed by atoms with van der Waals surface area (Å²) in [5, 5.41) is 3.35. The number of fused-ring (bicyclic) bond motifs is 1. The molecule has 1 aliphatic heterocycles. The predicted octanol–water partition coefficient (Wildman–Crippen LogP) is 2.82. The lowest BCUT2D eigenvalue weighted by Crippen LogP contribution is -2.31. The van der Waals surface area contributed by atoms with E-state index in [9.17, 15) is 13.2 Å². The maximum Gasteiger partial charge on any atom is 0.207 e. The van der Waals surface area contributed by atoms with E-state index in [1.165, 1.54) is 22.7 Å². The van der Waals surface area contributed by atoms with Crippen LogP contribution < -0.4 is 9.75 Å². The fourth-order valence-electron chi connectivity index (χ4n) is 3.28. The number of Topliss-reactive ketones (excluding diaryl/α,β-unsaturated/α-hetero) is 1. The largest absolute Gasteiger partial charge is 0.368 e. The second kappa shape index (κ2) is 7.37. The SMILES string of the molecule is CC(=O)c1ccccc1S(=O)(=O)c1ccc(CN2C=c3sccc3=CC2)cc1. The van der Waals surface area contributed by atoms with Crippen LogP contribution in [0.3, 0.4) is 0 Å². The number of sulfone groups is 1. The Hall–Kier alpha value is -2.70. The summed E-state index contributed by atoms with van der Waals surface area (Å²) in [5.41, 5.74) is 1.25. The lowest BCUT2D eigenvalue weighted by Gasteiger charge is -2.20. The first-order valence-corrected chi connectivity index (χ1v) is 11.2. The molecule has 2 aromatic carbocycles. The minimum atomic E-state index is -3.74. The van der Waals surface area contributed by atoms with Crippen LogP contribution in [0.2, 0.25) is 0 Å². The smallest absolute Gasteiger partial charge is 0.207 e. The van der Waals surface area contributed by atoms with Gasteiger partial charge in [0.05, 0.1) is 9.79 Å². The molecule has 4 nitrogen and oxygen atoms in total. The molecule has 28 heavy (non-hydrogen) atoms. The van der Waals surface area contributed by atoms with Crippen LogP contribution in [0.25, 0.3) is 12.3 Å². The normalized spacial score (nSPS) is 13.4. The van der Waals surface area contributed by atoms with E-state index in [1.54, 1.807) is 41.7 Å². The summed E-state index contributed by atoms with van der Waals surface area (Å²) in [5.74, 6) is -0.263. The molecule has 1 aliphatic rings. The number of nitrogens with zero attached hydrogens (tertiary/aromatic N) is 1. The zero-order valence-corrected chi connectivity index (χ0v) is 17.0. The third kappa shape index (κ3) is 3.53. The molecule has 0 N–H and O–H groups in total. The Morgan fingerprint density at radius 2 is 1.82 bits per heavy atom. The molecular weight excluding hydrogens is 390 g/mol. The second-order valence-corrected chi connectivity index (χ2v) is 9.57. The second-order valence-electron chi connectivity index (χ2n) is 6.70. The number of carbonyl (C=O) groups is 1. The third-order valence-electron chi connectivity index (χ3n) is 4.75. The zero-order valence-electron chi connectivity index (χ0n) is 15.3. The molecule has 3 aromatic rings. The fraction of sp³-hybridized carbons (Fsp3) is 0.136. The first kappa shape index (κ1) is 18.7. The van der Waals surface area contributed by atoms with Crippen molar-refractivity contribution in [3.63, 3.8) is 0 Å². The zero-order chi connectivity index (χ0) is 19.7. The van der Waals surface area contributed by atoms with Gasteiger partial charge in [-0.05, 0) is 47.4 Å². The summed E-state index contributed by atoms with van der Waals surface area (Å²) in [4.78, 5) is 14.3. The lowest BCUT2D eigenvalue weighted by atomic mass is 10.1. The number of carbonyl (C=O) groups excluding carboxylic acids is 1. The Morgan fingerprint density at radius 3 is 2.57 bits per heavy atom. The van der Waals surface area contributed by atoms with Crippen molar-refractivity contribution in [2.24, 2.45) is 0 Å². The topological polar surface area (TPSA) is 54.5 Å². The van der Waals surface area contributed by atoms with Gasteiger partial charge in [-0.15, -0.1) is 11.3 Å². The van der Waals surface area contributed by atoms with Gasteiger partial charge in [0.2, 0.25) is 9.84 Å². The molecular formula is C22H19NO3S2. The number of hydrogen-bond acceptors (Lipinski definition) is 5. The molecule has 0 amide bonds. The number of rotatable bonds is 5. The monoisotopic (exact) mass is 409 g/mol. The molecule has 0 unspecified atom stereocenters. The Morgan fingerprint density at radius 1 is 1.07 bits per heavy atom. The molecule has 0 saturated heterocycles. The van der Waals surface area contributed by atoms with Crippen LogP contribution in [0.15, 0.2) is 69.8 Å². The average molecular weight is 410 g/mol. The van der Waals surface area contributed by atoms with Crippen LogP contribution in [0.5, 0.6) is 0 Å². The molecule has 142 valence electrons. The standard InChI is InChI=1S/C22H19NO3S2/c1-16(24)20-4-2-3-5-22(20)28(25,26)19-8-6-17(7-9-19)14-23-12-10-18-11-13-27-21(18)15-23/h2-11,13,15H,12,14H2,1H3. The van der Waals surface area contributed by atoms with Crippen LogP contribution in [-0.2, 0) is 16.4 Å². The van der Waals surface area contributed by atoms with Gasteiger partial charge in [0, 0.05) is 29.4 Å². The summed E-state index contributed by atoms with van der Waals surface area (Å²) in [7, 11) is -3.74. The highest BCUT2D eigenvalue weighted by atomic mass is 32.2. The molecule has 4 rings (SSSR count). The first-order chi connectivity index (χ1) is 13.4. The molecule has 0 atom stereocenters. The quantitative estimate of drug-likeness (QED) is 0.608. The van der Waals surface area contributed by atoms with Crippen molar-refractivity contribution in [3.05, 3.63) is 80.9 Å². The summed E-state index contributed by atoms with van der Waals surface area (Å²) in [6.07, 6.45) is 4.34. The fourth-order valence-corrected chi connectivity index (χ4v) is 5.64. The summed E-state index contributed by atoms with van der Waals surface area (Å²) in [6, 6.07) is 15.4. The van der Waals surface area contributed by atoms with E-state index in [2.05, 4.69) is 28.6 Å². The van der Waals surface area contributed by atoms with Crippen LogP contribution in [0, 0.1) is 0 Å². The molecule has 0 fully saturated rings. The maximum absolute atomic E-state index is 13.0. The Labute approximate surface area is 168 Å². The van der Waals surface area contributed by atoms with Crippen LogP contribution >= 0.6 is 11.3 Å². The van der Waals surface area contributed by atoms with Gasteiger partial charge in [-0.3, -0.25) is 4.79 Å². The highest BCUT2D eigenvalue weighted by Crippen LogP contribution is 2.25. The van der Waals surface area contributed by atoms with Crippen molar-refractivity contribution >= 4 is 39.2 Å². The Kier molecular flexibility index (Phi) is 4.91. The minimum Gasteiger partial charge on any atom is -0.368 e. The van der Waals surface area contributed by atoms with E-state index >= 15 is 0 Å². The van der Waals surface area contributed by atoms with Gasteiger partial charge in [0.15, 0.2) is 5.78 Å². The third-order valence-corrected chi connectivity index (χ3v) is 7.44. The molecule has 0 saturated carbocycles. The van der Waals surface area contributed by atoms with E-state index in [4.69, 9.17) is 0 Å². The van der Waals surface area contributed by atoms with Crippen molar-refractivity contribution in [3.8, 4) is 0 Å². The van der Waals surface area contributed by atoms with E-state index < -0.39 is 9.84 Å². The molecule has 0 bridgehead atoms. The van der Waals surface area contributed by atoms with E-state index in [0.717, 1.165) is 12.1 Å². The van der Waals surface area contributed by atoms with Gasteiger partial charge in [-0.2, -0.15) is 0 Å². The highest BCUT2D eigenvalue weighted by molar-refractivity contribution is 7.91. The minimum absolute atomic E-state index is 0.0550. The van der Waals surface area contributed by atoms with Crippen LogP contribution in [-0.4, -0.2) is 25.6 Å².